The molecule has 0 amide bonds. The van der Waals surface area contributed by atoms with Crippen molar-refractivity contribution in [3.63, 3.8) is 0 Å². The molecule has 4 fully saturated rings. The molecule has 152 valence electrons. The van der Waals surface area contributed by atoms with E-state index >= 15 is 0 Å². The molecule has 2 heterocycles. The summed E-state index contributed by atoms with van der Waals surface area (Å²) in [6.07, 6.45) is 6.88. The van der Waals surface area contributed by atoms with Gasteiger partial charge in [0.1, 0.15) is 5.75 Å². The number of rotatable bonds is 3. The molecule has 3 aliphatic carbocycles. The second-order valence-electron chi connectivity index (χ2n) is 9.72. The third-order valence-corrected chi connectivity index (χ3v) is 8.35. The first kappa shape index (κ1) is 17.7. The van der Waals surface area contributed by atoms with Gasteiger partial charge >= 0.3 is 0 Å². The van der Waals surface area contributed by atoms with Crippen LogP contribution in [0, 0.1) is 5.92 Å². The first-order valence-electron chi connectivity index (χ1n) is 11.0. The van der Waals surface area contributed by atoms with Crippen molar-refractivity contribution in [2.24, 2.45) is 5.92 Å². The Morgan fingerprint density at radius 3 is 2.75 bits per heavy atom. The van der Waals surface area contributed by atoms with Crippen molar-refractivity contribution >= 4 is 0 Å². The molecular formula is C23H31NO4. The Morgan fingerprint density at radius 2 is 2.00 bits per heavy atom. The molecule has 5 aliphatic rings. The van der Waals surface area contributed by atoms with Crippen molar-refractivity contribution in [1.82, 2.24) is 4.90 Å². The normalized spacial score (nSPS) is 38.9. The van der Waals surface area contributed by atoms with Crippen LogP contribution in [0.25, 0.3) is 0 Å². The van der Waals surface area contributed by atoms with Gasteiger partial charge in [-0.05, 0) is 67.8 Å². The van der Waals surface area contributed by atoms with E-state index in [1.165, 1.54) is 24.0 Å². The van der Waals surface area contributed by atoms with Crippen molar-refractivity contribution in [1.29, 1.82) is 0 Å². The Labute approximate surface area is 167 Å². The molecular weight excluding hydrogens is 354 g/mol. The van der Waals surface area contributed by atoms with Gasteiger partial charge in [0.2, 0.25) is 0 Å². The Bertz CT molecular complexity index is 787. The molecule has 0 aromatic heterocycles. The maximum absolute atomic E-state index is 12.3. The van der Waals surface area contributed by atoms with E-state index in [9.17, 15) is 5.11 Å². The third-order valence-electron chi connectivity index (χ3n) is 8.35. The molecule has 5 nitrogen and oxygen atoms in total. The monoisotopic (exact) mass is 385 g/mol. The summed E-state index contributed by atoms with van der Waals surface area (Å²) in [6.45, 7) is 3.52. The molecule has 1 N–H and O–H groups in total. The lowest BCUT2D eigenvalue weighted by Gasteiger charge is -2.65. The van der Waals surface area contributed by atoms with E-state index in [1.807, 2.05) is 0 Å². The Morgan fingerprint density at radius 1 is 1.18 bits per heavy atom. The van der Waals surface area contributed by atoms with Gasteiger partial charge in [-0.3, -0.25) is 4.90 Å². The fourth-order valence-corrected chi connectivity index (χ4v) is 6.77. The second-order valence-corrected chi connectivity index (χ2v) is 9.72. The van der Waals surface area contributed by atoms with Gasteiger partial charge in [0.15, 0.2) is 5.79 Å². The number of piperidine rings is 1. The highest BCUT2D eigenvalue weighted by atomic mass is 16.7. The van der Waals surface area contributed by atoms with E-state index in [4.69, 9.17) is 14.2 Å². The molecule has 1 aromatic rings. The minimum atomic E-state index is -0.722. The Hall–Kier alpha value is -1.14. The minimum absolute atomic E-state index is 0.196. The van der Waals surface area contributed by atoms with Crippen molar-refractivity contribution in [2.45, 2.75) is 67.8 Å². The molecule has 2 saturated carbocycles. The van der Waals surface area contributed by atoms with E-state index in [1.54, 1.807) is 7.11 Å². The molecule has 1 spiro atoms. The van der Waals surface area contributed by atoms with Crippen LogP contribution in [0.4, 0.5) is 0 Å². The van der Waals surface area contributed by atoms with E-state index < -0.39 is 11.4 Å². The minimum Gasteiger partial charge on any atom is -0.497 e. The smallest absolute Gasteiger partial charge is 0.169 e. The number of fused-ring (bicyclic) bond motifs is 1. The summed E-state index contributed by atoms with van der Waals surface area (Å²) in [5.74, 6) is 1.19. The quantitative estimate of drug-likeness (QED) is 0.867. The summed E-state index contributed by atoms with van der Waals surface area (Å²) >= 11 is 0. The largest absolute Gasteiger partial charge is 0.497 e. The number of benzene rings is 1. The second kappa shape index (κ2) is 5.94. The van der Waals surface area contributed by atoms with Gasteiger partial charge in [0.25, 0.3) is 0 Å². The summed E-state index contributed by atoms with van der Waals surface area (Å²) in [4.78, 5) is 2.61. The molecule has 3 atom stereocenters. The van der Waals surface area contributed by atoms with E-state index in [0.29, 0.717) is 13.2 Å². The van der Waals surface area contributed by atoms with Gasteiger partial charge in [-0.2, -0.15) is 0 Å². The number of aliphatic hydroxyl groups is 1. The van der Waals surface area contributed by atoms with Crippen LogP contribution in [0.3, 0.4) is 0 Å². The lowest BCUT2D eigenvalue weighted by molar-refractivity contribution is -0.259. The zero-order valence-corrected chi connectivity index (χ0v) is 16.8. The van der Waals surface area contributed by atoms with Crippen LogP contribution in [-0.4, -0.2) is 60.8 Å². The number of hydrogen-bond donors (Lipinski definition) is 1. The van der Waals surface area contributed by atoms with Crippen molar-refractivity contribution in [3.05, 3.63) is 29.3 Å². The summed E-state index contributed by atoms with van der Waals surface area (Å²) < 4.78 is 17.9. The SMILES string of the molecule is COc1ccc2c(c1)[C@@]13CCN(CC4CC4)C(C2)[C@@]1(O)CCC1(C3)OCCO1. The molecule has 2 saturated heterocycles. The summed E-state index contributed by atoms with van der Waals surface area (Å²) in [7, 11) is 1.72. The highest BCUT2D eigenvalue weighted by Gasteiger charge is 2.68. The van der Waals surface area contributed by atoms with Crippen LogP contribution in [0.1, 0.15) is 49.7 Å². The predicted octanol–water partition coefficient (Wildman–Crippen LogP) is 2.63. The Kier molecular flexibility index (Phi) is 3.76. The van der Waals surface area contributed by atoms with Crippen molar-refractivity contribution < 1.29 is 19.3 Å². The van der Waals surface area contributed by atoms with Crippen molar-refractivity contribution in [2.75, 3.05) is 33.4 Å². The maximum Gasteiger partial charge on any atom is 0.169 e. The summed E-state index contributed by atoms with van der Waals surface area (Å²) in [5.41, 5.74) is 1.60. The number of methoxy groups -OCH3 is 1. The average molecular weight is 386 g/mol. The molecule has 1 unspecified atom stereocenters. The highest BCUT2D eigenvalue weighted by Crippen LogP contribution is 2.61. The predicted molar refractivity (Wildman–Crippen MR) is 105 cm³/mol. The molecule has 28 heavy (non-hydrogen) atoms. The number of hydrogen-bond acceptors (Lipinski definition) is 5. The first-order chi connectivity index (χ1) is 13.6. The first-order valence-corrected chi connectivity index (χ1v) is 11.0. The van der Waals surface area contributed by atoms with E-state index in [-0.39, 0.29) is 11.5 Å². The van der Waals surface area contributed by atoms with Crippen LogP contribution < -0.4 is 4.74 Å². The fraction of sp³-hybridized carbons (Fsp3) is 0.739. The van der Waals surface area contributed by atoms with Gasteiger partial charge in [0, 0.05) is 30.8 Å². The van der Waals surface area contributed by atoms with Gasteiger partial charge in [-0.25, -0.2) is 0 Å². The lowest BCUT2D eigenvalue weighted by Crippen LogP contribution is -2.75. The number of ether oxygens (including phenoxy) is 3. The standard InChI is InChI=1S/C23H31NO4/c1-26-18-5-4-17-12-20-23(25)7-6-22(27-10-11-28-22)15-21(23,19(17)13-18)8-9-24(20)14-16-2-3-16/h4-5,13,16,20,25H,2-3,6-12,14-15H2,1H3/t20?,21-,23-/m0/s1. The molecule has 2 bridgehead atoms. The fourth-order valence-electron chi connectivity index (χ4n) is 6.77. The van der Waals surface area contributed by atoms with Gasteiger partial charge < -0.3 is 19.3 Å². The lowest BCUT2D eigenvalue weighted by atomic mass is 9.48. The molecule has 0 radical (unpaired) electrons. The Balaban J connectivity index is 1.48. The van der Waals surface area contributed by atoms with Gasteiger partial charge in [-0.15, -0.1) is 0 Å². The number of likely N-dealkylation sites (tertiary alicyclic amines) is 1. The van der Waals surface area contributed by atoms with Gasteiger partial charge in [-0.1, -0.05) is 6.07 Å². The van der Waals surface area contributed by atoms with Crippen LogP contribution >= 0.6 is 0 Å². The third kappa shape index (κ3) is 2.33. The number of nitrogens with zero attached hydrogens (tertiary/aromatic N) is 1. The molecule has 6 rings (SSSR count). The van der Waals surface area contributed by atoms with Crippen LogP contribution in [0.2, 0.25) is 0 Å². The van der Waals surface area contributed by atoms with Gasteiger partial charge in [0.05, 0.1) is 25.9 Å². The molecule has 2 aliphatic heterocycles. The summed E-state index contributed by atoms with van der Waals surface area (Å²) in [6, 6.07) is 6.67. The van der Waals surface area contributed by atoms with Crippen molar-refractivity contribution in [3.8, 4) is 5.75 Å². The molecule has 1 aromatic carbocycles. The van der Waals surface area contributed by atoms with Crippen LogP contribution in [0.5, 0.6) is 5.75 Å². The maximum atomic E-state index is 12.3. The zero-order chi connectivity index (χ0) is 19.0. The van der Waals surface area contributed by atoms with E-state index in [0.717, 1.165) is 56.9 Å². The average Bonchev–Trinajstić information content (AvgIpc) is 3.41. The molecule has 5 heteroatoms. The van der Waals surface area contributed by atoms with Crippen LogP contribution in [-0.2, 0) is 21.3 Å². The summed E-state index contributed by atoms with van der Waals surface area (Å²) in [5, 5.41) is 12.3. The highest BCUT2D eigenvalue weighted by molar-refractivity contribution is 5.49. The zero-order valence-electron chi connectivity index (χ0n) is 16.8. The van der Waals surface area contributed by atoms with Crippen LogP contribution in [0.15, 0.2) is 18.2 Å². The van der Waals surface area contributed by atoms with E-state index in [2.05, 4.69) is 23.1 Å². The topological polar surface area (TPSA) is 51.2 Å².